The van der Waals surface area contributed by atoms with Gasteiger partial charge in [0, 0.05) is 24.0 Å². The zero-order valence-electron chi connectivity index (χ0n) is 11.3. The second-order valence-corrected chi connectivity index (χ2v) is 5.68. The number of alkyl halides is 1. The molecule has 0 saturated carbocycles. The molecule has 1 aliphatic rings. The largest absolute Gasteiger partial charge is 0.335 e. The van der Waals surface area contributed by atoms with E-state index in [1.807, 2.05) is 0 Å². The van der Waals surface area contributed by atoms with Crippen molar-refractivity contribution in [2.24, 2.45) is 0 Å². The minimum absolute atomic E-state index is 0.103. The quantitative estimate of drug-likeness (QED) is 0.481. The first kappa shape index (κ1) is 15.0. The van der Waals surface area contributed by atoms with Crippen LogP contribution in [0.25, 0.3) is 0 Å². The van der Waals surface area contributed by atoms with E-state index >= 15 is 0 Å². The number of rotatable bonds is 3. The first-order valence-electron chi connectivity index (χ1n) is 6.67. The molecule has 6 heteroatoms. The van der Waals surface area contributed by atoms with Crippen LogP contribution in [-0.2, 0) is 0 Å². The van der Waals surface area contributed by atoms with E-state index in [1.54, 1.807) is 24.0 Å². The number of hydrogen-bond acceptors (Lipinski definition) is 3. The van der Waals surface area contributed by atoms with Gasteiger partial charge in [-0.2, -0.15) is 0 Å². The molecule has 1 heterocycles. The molecule has 1 aliphatic heterocycles. The van der Waals surface area contributed by atoms with Gasteiger partial charge < -0.3 is 4.90 Å². The lowest BCUT2D eigenvalue weighted by Gasteiger charge is -2.35. The second kappa shape index (κ2) is 6.35. The summed E-state index contributed by atoms with van der Waals surface area (Å²) in [5.74, 6) is -0.223. The summed E-state index contributed by atoms with van der Waals surface area (Å²) in [5.41, 5.74) is 0.780. The monoisotopic (exact) mass is 340 g/mol. The molecule has 0 aliphatic carbocycles. The van der Waals surface area contributed by atoms with Crippen molar-refractivity contribution in [3.05, 3.63) is 39.4 Å². The number of amides is 1. The van der Waals surface area contributed by atoms with Crippen LogP contribution in [0.5, 0.6) is 0 Å². The maximum atomic E-state index is 12.7. The molecule has 1 saturated heterocycles. The summed E-state index contributed by atoms with van der Waals surface area (Å²) in [5, 5.41) is 11.8. The number of hydrogen-bond donors (Lipinski definition) is 0. The predicted octanol–water partition coefficient (Wildman–Crippen LogP) is 3.29. The van der Waals surface area contributed by atoms with E-state index in [0.29, 0.717) is 17.4 Å². The standard InChI is InChI=1S/C14H17BrN2O3/c1-10-5-4-7-12(17(19)20)13(10)14(18)16-8-3-2-6-11(16)9-15/h4-5,7,11H,2-3,6,8-9H2,1H3. The minimum atomic E-state index is -0.479. The predicted molar refractivity (Wildman–Crippen MR) is 80.3 cm³/mol. The van der Waals surface area contributed by atoms with Crippen molar-refractivity contribution in [2.75, 3.05) is 11.9 Å². The Bertz CT molecular complexity index is 533. The molecule has 0 bridgehead atoms. The Labute approximate surface area is 126 Å². The van der Waals surface area contributed by atoms with Gasteiger partial charge in [-0.1, -0.05) is 28.1 Å². The van der Waals surface area contributed by atoms with Gasteiger partial charge in [0.2, 0.25) is 0 Å². The lowest BCUT2D eigenvalue weighted by atomic mass is 9.99. The van der Waals surface area contributed by atoms with Crippen molar-refractivity contribution in [3.8, 4) is 0 Å². The number of likely N-dealkylation sites (tertiary alicyclic amines) is 1. The Morgan fingerprint density at radius 2 is 2.25 bits per heavy atom. The normalized spacial score (nSPS) is 18.9. The third kappa shape index (κ3) is 2.85. The van der Waals surface area contributed by atoms with Gasteiger partial charge in [-0.3, -0.25) is 14.9 Å². The highest BCUT2D eigenvalue weighted by Gasteiger charge is 2.31. The second-order valence-electron chi connectivity index (χ2n) is 5.03. The van der Waals surface area contributed by atoms with Crippen LogP contribution in [0.2, 0.25) is 0 Å². The molecule has 1 amide bonds. The molecule has 0 radical (unpaired) electrons. The van der Waals surface area contributed by atoms with Crippen LogP contribution in [-0.4, -0.2) is 33.6 Å². The highest BCUT2D eigenvalue weighted by Crippen LogP contribution is 2.27. The van der Waals surface area contributed by atoms with Crippen LogP contribution >= 0.6 is 15.9 Å². The lowest BCUT2D eigenvalue weighted by Crippen LogP contribution is -2.45. The van der Waals surface area contributed by atoms with Crippen LogP contribution in [0.15, 0.2) is 18.2 Å². The SMILES string of the molecule is Cc1cccc([N+](=O)[O-])c1C(=O)N1CCCCC1CBr. The Morgan fingerprint density at radius 1 is 1.50 bits per heavy atom. The van der Waals surface area contributed by atoms with Gasteiger partial charge >= 0.3 is 0 Å². The van der Waals surface area contributed by atoms with E-state index in [0.717, 1.165) is 19.3 Å². The summed E-state index contributed by atoms with van der Waals surface area (Å²) >= 11 is 3.43. The molecule has 0 N–H and O–H groups in total. The molecule has 1 aromatic carbocycles. The van der Waals surface area contributed by atoms with Gasteiger partial charge in [0.05, 0.1) is 4.92 Å². The van der Waals surface area contributed by atoms with Crippen molar-refractivity contribution in [2.45, 2.75) is 32.2 Å². The van der Waals surface area contributed by atoms with Gasteiger partial charge in [-0.05, 0) is 31.7 Å². The molecular weight excluding hydrogens is 324 g/mol. The fraction of sp³-hybridized carbons (Fsp3) is 0.500. The van der Waals surface area contributed by atoms with E-state index in [1.165, 1.54) is 6.07 Å². The van der Waals surface area contributed by atoms with E-state index in [-0.39, 0.29) is 23.2 Å². The van der Waals surface area contributed by atoms with Crippen LogP contribution in [0.1, 0.15) is 35.2 Å². The third-order valence-electron chi connectivity index (χ3n) is 3.73. The van der Waals surface area contributed by atoms with Gasteiger partial charge in [-0.25, -0.2) is 0 Å². The van der Waals surface area contributed by atoms with E-state index in [2.05, 4.69) is 15.9 Å². The zero-order valence-corrected chi connectivity index (χ0v) is 12.9. The van der Waals surface area contributed by atoms with Gasteiger partial charge in [0.25, 0.3) is 11.6 Å². The average Bonchev–Trinajstić information content (AvgIpc) is 2.46. The van der Waals surface area contributed by atoms with Gasteiger partial charge in [0.1, 0.15) is 5.56 Å². The molecule has 5 nitrogen and oxygen atoms in total. The summed E-state index contributed by atoms with van der Waals surface area (Å²) in [6.45, 7) is 2.41. The molecule has 1 aromatic rings. The zero-order chi connectivity index (χ0) is 14.7. The molecule has 1 fully saturated rings. The number of nitrogens with zero attached hydrogens (tertiary/aromatic N) is 2. The number of carbonyl (C=O) groups is 1. The summed E-state index contributed by atoms with van der Waals surface area (Å²) in [7, 11) is 0. The average molecular weight is 341 g/mol. The first-order valence-corrected chi connectivity index (χ1v) is 7.79. The summed E-state index contributed by atoms with van der Waals surface area (Å²) in [6.07, 6.45) is 2.99. The highest BCUT2D eigenvalue weighted by molar-refractivity contribution is 9.09. The van der Waals surface area contributed by atoms with E-state index < -0.39 is 4.92 Å². The van der Waals surface area contributed by atoms with Gasteiger partial charge in [-0.15, -0.1) is 0 Å². The Hall–Kier alpha value is -1.43. The number of halogens is 1. The number of aryl methyl sites for hydroxylation is 1. The number of piperidine rings is 1. The summed E-state index contributed by atoms with van der Waals surface area (Å²) in [6, 6.07) is 4.87. The highest BCUT2D eigenvalue weighted by atomic mass is 79.9. The summed E-state index contributed by atoms with van der Waals surface area (Å²) < 4.78 is 0. The fourth-order valence-corrected chi connectivity index (χ4v) is 3.33. The molecule has 20 heavy (non-hydrogen) atoms. The maximum Gasteiger partial charge on any atom is 0.282 e. The number of carbonyl (C=O) groups excluding carboxylic acids is 1. The molecule has 1 atom stereocenters. The van der Waals surface area contributed by atoms with Crippen molar-refractivity contribution < 1.29 is 9.72 Å². The molecule has 2 rings (SSSR count). The van der Waals surface area contributed by atoms with Crippen LogP contribution < -0.4 is 0 Å². The van der Waals surface area contributed by atoms with E-state index in [9.17, 15) is 14.9 Å². The maximum absolute atomic E-state index is 12.7. The third-order valence-corrected chi connectivity index (χ3v) is 4.47. The number of nitro groups is 1. The molecule has 0 aromatic heterocycles. The summed E-state index contributed by atoms with van der Waals surface area (Å²) in [4.78, 5) is 25.1. The van der Waals surface area contributed by atoms with Crippen LogP contribution in [0.4, 0.5) is 5.69 Å². The lowest BCUT2D eigenvalue weighted by molar-refractivity contribution is -0.385. The Kier molecular flexibility index (Phi) is 4.75. The van der Waals surface area contributed by atoms with Gasteiger partial charge in [0.15, 0.2) is 0 Å². The molecule has 108 valence electrons. The molecule has 1 unspecified atom stereocenters. The number of benzene rings is 1. The Morgan fingerprint density at radius 3 is 2.90 bits per heavy atom. The first-order chi connectivity index (χ1) is 9.56. The van der Waals surface area contributed by atoms with Crippen molar-refractivity contribution >= 4 is 27.5 Å². The van der Waals surface area contributed by atoms with Crippen molar-refractivity contribution in [1.82, 2.24) is 4.90 Å². The minimum Gasteiger partial charge on any atom is -0.335 e. The van der Waals surface area contributed by atoms with Crippen LogP contribution in [0.3, 0.4) is 0 Å². The van der Waals surface area contributed by atoms with Crippen LogP contribution in [0, 0.1) is 17.0 Å². The van der Waals surface area contributed by atoms with E-state index in [4.69, 9.17) is 0 Å². The number of nitro benzene ring substituents is 1. The fourth-order valence-electron chi connectivity index (χ4n) is 2.65. The molecular formula is C14H17BrN2O3. The van der Waals surface area contributed by atoms with Crippen molar-refractivity contribution in [1.29, 1.82) is 0 Å². The Balaban J connectivity index is 2.40. The van der Waals surface area contributed by atoms with Crippen molar-refractivity contribution in [3.63, 3.8) is 0 Å². The smallest absolute Gasteiger partial charge is 0.282 e. The molecule has 0 spiro atoms. The topological polar surface area (TPSA) is 63.5 Å².